The van der Waals surface area contributed by atoms with Crippen LogP contribution >= 0.6 is 40.1 Å². The molecule has 0 aromatic heterocycles. The van der Waals surface area contributed by atoms with Gasteiger partial charge in [0.05, 0.1) is 0 Å². The topological polar surface area (TPSA) is 32.3 Å². The van der Waals surface area contributed by atoms with Crippen molar-refractivity contribution in [3.8, 4) is 0 Å². The molecule has 2 fully saturated rings. The van der Waals surface area contributed by atoms with Gasteiger partial charge < -0.3 is 10.2 Å². The molecule has 3 rings (SSSR count). The highest BCUT2D eigenvalue weighted by Crippen LogP contribution is 2.28. The number of carbonyl (C=O) groups is 1. The number of nitrogens with zero attached hydrogens (tertiary/aromatic N) is 1. The van der Waals surface area contributed by atoms with Crippen molar-refractivity contribution in [2.24, 2.45) is 0 Å². The van der Waals surface area contributed by atoms with E-state index in [1.54, 1.807) is 11.8 Å². The second kappa shape index (κ2) is 8.57. The molecule has 6 heteroatoms. The summed E-state index contributed by atoms with van der Waals surface area (Å²) in [5, 5.41) is 3.62. The Hall–Kier alpha value is -0.230. The monoisotopic (exact) mass is 404 g/mol. The van der Waals surface area contributed by atoms with Crippen LogP contribution in [-0.4, -0.2) is 41.7 Å². The van der Waals surface area contributed by atoms with Crippen LogP contribution in [-0.2, 0) is 4.79 Å². The van der Waals surface area contributed by atoms with Gasteiger partial charge in [0, 0.05) is 46.7 Å². The molecule has 0 saturated carbocycles. The molecule has 1 amide bonds. The Labute approximate surface area is 151 Å². The van der Waals surface area contributed by atoms with Crippen molar-refractivity contribution in [3.05, 3.63) is 28.7 Å². The van der Waals surface area contributed by atoms with Crippen molar-refractivity contribution in [1.29, 1.82) is 0 Å². The van der Waals surface area contributed by atoms with Crippen molar-refractivity contribution in [3.63, 3.8) is 0 Å². The summed E-state index contributed by atoms with van der Waals surface area (Å²) in [6.45, 7) is 1.82. The van der Waals surface area contributed by atoms with Crippen LogP contribution < -0.4 is 5.32 Å². The molecule has 22 heavy (non-hydrogen) atoms. The van der Waals surface area contributed by atoms with Crippen LogP contribution in [0.3, 0.4) is 0 Å². The van der Waals surface area contributed by atoms with E-state index < -0.39 is 0 Å². The van der Waals surface area contributed by atoms with Crippen LogP contribution in [0.2, 0.25) is 0 Å². The average Bonchev–Trinajstić information content (AvgIpc) is 2.80. The molecular formula is C16H22BrClN2OS. The lowest BCUT2D eigenvalue weighted by molar-refractivity contribution is -0.130. The third-order valence-electron chi connectivity index (χ3n) is 4.29. The van der Waals surface area contributed by atoms with Gasteiger partial charge in [0.2, 0.25) is 5.91 Å². The molecule has 3 nitrogen and oxygen atoms in total. The molecule has 2 aliphatic rings. The second-order valence-electron chi connectivity index (χ2n) is 5.80. The van der Waals surface area contributed by atoms with Crippen LogP contribution in [0, 0.1) is 0 Å². The maximum Gasteiger partial charge on any atom is 0.223 e. The van der Waals surface area contributed by atoms with Gasteiger partial charge in [-0.3, -0.25) is 4.79 Å². The maximum atomic E-state index is 12.4. The van der Waals surface area contributed by atoms with Gasteiger partial charge in [-0.15, -0.1) is 24.2 Å². The normalized spacial score (nSPS) is 23.8. The molecule has 0 aliphatic carbocycles. The highest BCUT2D eigenvalue weighted by atomic mass is 79.9. The van der Waals surface area contributed by atoms with Crippen molar-refractivity contribution < 1.29 is 4.79 Å². The van der Waals surface area contributed by atoms with E-state index >= 15 is 0 Å². The Morgan fingerprint density at radius 1 is 1.27 bits per heavy atom. The molecule has 2 heterocycles. The number of carbonyl (C=O) groups excluding carboxylic acids is 1. The molecule has 2 bridgehead atoms. The minimum atomic E-state index is 0. The van der Waals surface area contributed by atoms with E-state index in [-0.39, 0.29) is 12.4 Å². The zero-order valence-corrected chi connectivity index (χ0v) is 15.7. The quantitative estimate of drug-likeness (QED) is 0.775. The van der Waals surface area contributed by atoms with Gasteiger partial charge in [0.25, 0.3) is 0 Å². The fourth-order valence-electron chi connectivity index (χ4n) is 3.14. The lowest BCUT2D eigenvalue weighted by Crippen LogP contribution is -2.39. The van der Waals surface area contributed by atoms with Crippen molar-refractivity contribution >= 4 is 46.0 Å². The van der Waals surface area contributed by atoms with E-state index in [0.29, 0.717) is 24.4 Å². The standard InChI is InChI=1S/C16H21BrN2OS.ClH/c17-14-3-1-2-4-15(14)21-10-8-16(20)19-9-7-12-5-6-13(11-19)18-12;/h1-4,12-13,18H,5-11H2;1H. The van der Waals surface area contributed by atoms with Crippen LogP contribution in [0.25, 0.3) is 0 Å². The third kappa shape index (κ3) is 4.63. The summed E-state index contributed by atoms with van der Waals surface area (Å²) in [4.78, 5) is 15.7. The fraction of sp³-hybridized carbons (Fsp3) is 0.562. The summed E-state index contributed by atoms with van der Waals surface area (Å²) in [5.74, 6) is 1.16. The van der Waals surface area contributed by atoms with Gasteiger partial charge in [-0.1, -0.05) is 12.1 Å². The van der Waals surface area contributed by atoms with E-state index in [2.05, 4.69) is 32.2 Å². The van der Waals surface area contributed by atoms with E-state index in [9.17, 15) is 4.79 Å². The first-order valence-electron chi connectivity index (χ1n) is 7.63. The van der Waals surface area contributed by atoms with E-state index in [0.717, 1.165) is 29.7 Å². The number of likely N-dealkylation sites (tertiary alicyclic amines) is 1. The predicted molar refractivity (Wildman–Crippen MR) is 97.9 cm³/mol. The van der Waals surface area contributed by atoms with E-state index in [4.69, 9.17) is 0 Å². The number of hydrogen-bond donors (Lipinski definition) is 1. The zero-order chi connectivity index (χ0) is 14.7. The smallest absolute Gasteiger partial charge is 0.223 e. The minimum Gasteiger partial charge on any atom is -0.341 e. The number of amides is 1. The largest absolute Gasteiger partial charge is 0.341 e. The second-order valence-corrected chi connectivity index (χ2v) is 7.79. The molecule has 1 N–H and O–H groups in total. The molecule has 2 atom stereocenters. The Balaban J connectivity index is 0.00000176. The summed E-state index contributed by atoms with van der Waals surface area (Å²) in [6, 6.07) is 9.35. The van der Waals surface area contributed by atoms with Crippen molar-refractivity contribution in [2.45, 2.75) is 42.7 Å². The fourth-order valence-corrected chi connectivity index (χ4v) is 4.64. The molecule has 1 aromatic rings. The first kappa shape index (κ1) is 18.1. The summed E-state index contributed by atoms with van der Waals surface area (Å²) in [6.07, 6.45) is 4.24. The number of benzene rings is 1. The highest BCUT2D eigenvalue weighted by Gasteiger charge is 2.30. The lowest BCUT2D eigenvalue weighted by atomic mass is 10.1. The average molecular weight is 406 g/mol. The van der Waals surface area contributed by atoms with Gasteiger partial charge >= 0.3 is 0 Å². The van der Waals surface area contributed by atoms with Gasteiger partial charge in [0.15, 0.2) is 0 Å². The molecular weight excluding hydrogens is 384 g/mol. The summed E-state index contributed by atoms with van der Waals surface area (Å²) >= 11 is 5.30. The van der Waals surface area contributed by atoms with Crippen LogP contribution in [0.4, 0.5) is 0 Å². The summed E-state index contributed by atoms with van der Waals surface area (Å²) < 4.78 is 1.11. The molecule has 1 aromatic carbocycles. The molecule has 2 aliphatic heterocycles. The first-order chi connectivity index (χ1) is 10.2. The molecule has 2 saturated heterocycles. The number of thioether (sulfide) groups is 1. The summed E-state index contributed by atoms with van der Waals surface area (Å²) in [7, 11) is 0. The molecule has 2 unspecified atom stereocenters. The van der Waals surface area contributed by atoms with Gasteiger partial charge in [-0.05, 0) is 47.3 Å². The highest BCUT2D eigenvalue weighted by molar-refractivity contribution is 9.10. The van der Waals surface area contributed by atoms with Gasteiger partial charge in [-0.25, -0.2) is 0 Å². The number of halogens is 2. The first-order valence-corrected chi connectivity index (χ1v) is 9.41. The van der Waals surface area contributed by atoms with Crippen molar-refractivity contribution in [2.75, 3.05) is 18.8 Å². The molecule has 0 radical (unpaired) electrons. The van der Waals surface area contributed by atoms with Gasteiger partial charge in [-0.2, -0.15) is 0 Å². The Bertz CT molecular complexity index is 517. The van der Waals surface area contributed by atoms with E-state index in [1.165, 1.54) is 17.7 Å². The SMILES string of the molecule is Cl.O=C(CCSc1ccccc1Br)N1CCC2CCC(C1)N2. The summed E-state index contributed by atoms with van der Waals surface area (Å²) in [5.41, 5.74) is 0. The molecule has 122 valence electrons. The lowest BCUT2D eigenvalue weighted by Gasteiger charge is -2.24. The van der Waals surface area contributed by atoms with Crippen molar-refractivity contribution in [1.82, 2.24) is 10.2 Å². The van der Waals surface area contributed by atoms with Crippen LogP contribution in [0.5, 0.6) is 0 Å². The number of rotatable bonds is 4. The van der Waals surface area contributed by atoms with E-state index in [1.807, 2.05) is 18.2 Å². The zero-order valence-electron chi connectivity index (χ0n) is 12.5. The van der Waals surface area contributed by atoms with Crippen LogP contribution in [0.15, 0.2) is 33.6 Å². The minimum absolute atomic E-state index is 0. The Morgan fingerprint density at radius 3 is 2.86 bits per heavy atom. The number of fused-ring (bicyclic) bond motifs is 2. The predicted octanol–water partition coefficient (Wildman–Crippen LogP) is 3.71. The number of hydrogen-bond acceptors (Lipinski definition) is 3. The maximum absolute atomic E-state index is 12.4. The Kier molecular flexibility index (Phi) is 7.06. The van der Waals surface area contributed by atoms with Crippen LogP contribution in [0.1, 0.15) is 25.7 Å². The Morgan fingerprint density at radius 2 is 2.05 bits per heavy atom. The van der Waals surface area contributed by atoms with Gasteiger partial charge in [0.1, 0.15) is 0 Å². The molecule has 0 spiro atoms. The third-order valence-corrected chi connectivity index (χ3v) is 6.32. The number of nitrogens with one attached hydrogen (secondary N) is 1.